The molecule has 0 fully saturated rings. The van der Waals surface area contributed by atoms with Crippen LogP contribution in [0.5, 0.6) is 0 Å². The number of hydrogen-bond donors (Lipinski definition) is 2. The standard InChI is InChI=1S/C20H21NO3/c1-2-15-8-10-16(11-9-15)12-13-19(22)21-18(20(23)24)14-17-6-4-3-5-7-17/h3-13,18H,2,14H2,1H3,(H,21,22)(H,23,24)/t18-/m1/s1. The molecule has 0 saturated carbocycles. The first-order valence-corrected chi connectivity index (χ1v) is 7.92. The summed E-state index contributed by atoms with van der Waals surface area (Å²) in [4.78, 5) is 23.3. The Bertz CT molecular complexity index is 705. The average Bonchev–Trinajstić information content (AvgIpc) is 2.60. The van der Waals surface area contributed by atoms with Gasteiger partial charge in [-0.15, -0.1) is 0 Å². The molecular weight excluding hydrogens is 302 g/mol. The van der Waals surface area contributed by atoms with E-state index in [1.54, 1.807) is 6.08 Å². The van der Waals surface area contributed by atoms with Crippen LogP contribution in [0.25, 0.3) is 6.08 Å². The Balaban J connectivity index is 1.97. The lowest BCUT2D eigenvalue weighted by atomic mass is 10.1. The van der Waals surface area contributed by atoms with Crippen molar-refractivity contribution in [3.05, 3.63) is 77.4 Å². The SMILES string of the molecule is CCc1ccc(C=CC(=O)N[C@H](Cc2ccccc2)C(=O)O)cc1. The summed E-state index contributed by atoms with van der Waals surface area (Å²) < 4.78 is 0. The van der Waals surface area contributed by atoms with Gasteiger partial charge in [0.2, 0.25) is 5.91 Å². The van der Waals surface area contributed by atoms with E-state index in [1.165, 1.54) is 11.6 Å². The molecule has 0 radical (unpaired) electrons. The average molecular weight is 323 g/mol. The van der Waals surface area contributed by atoms with Crippen molar-refractivity contribution >= 4 is 18.0 Å². The zero-order valence-electron chi connectivity index (χ0n) is 13.6. The molecule has 0 bridgehead atoms. The second-order valence-corrected chi connectivity index (χ2v) is 5.52. The van der Waals surface area contributed by atoms with Gasteiger partial charge in [0.05, 0.1) is 0 Å². The molecule has 24 heavy (non-hydrogen) atoms. The number of carboxylic acids is 1. The van der Waals surface area contributed by atoms with Crippen molar-refractivity contribution in [1.29, 1.82) is 0 Å². The quantitative estimate of drug-likeness (QED) is 0.770. The lowest BCUT2D eigenvalue weighted by Crippen LogP contribution is -2.41. The molecule has 0 aliphatic rings. The molecule has 2 N–H and O–H groups in total. The van der Waals surface area contributed by atoms with E-state index in [2.05, 4.69) is 12.2 Å². The predicted octanol–water partition coefficient (Wildman–Crippen LogP) is 3.07. The van der Waals surface area contributed by atoms with Gasteiger partial charge in [0.25, 0.3) is 0 Å². The van der Waals surface area contributed by atoms with E-state index < -0.39 is 17.9 Å². The number of benzene rings is 2. The molecule has 4 heteroatoms. The number of nitrogens with one attached hydrogen (secondary N) is 1. The number of amides is 1. The number of carboxylic acid groups (broad SMARTS) is 1. The fourth-order valence-corrected chi connectivity index (χ4v) is 2.31. The van der Waals surface area contributed by atoms with E-state index in [4.69, 9.17) is 0 Å². The van der Waals surface area contributed by atoms with Gasteiger partial charge in [-0.1, -0.05) is 61.5 Å². The van der Waals surface area contributed by atoms with Gasteiger partial charge in [-0.25, -0.2) is 4.79 Å². The van der Waals surface area contributed by atoms with E-state index in [1.807, 2.05) is 54.6 Å². The highest BCUT2D eigenvalue weighted by atomic mass is 16.4. The van der Waals surface area contributed by atoms with Crippen LogP contribution < -0.4 is 5.32 Å². The summed E-state index contributed by atoms with van der Waals surface area (Å²) in [6.45, 7) is 2.08. The van der Waals surface area contributed by atoms with Crippen molar-refractivity contribution in [2.24, 2.45) is 0 Å². The third-order valence-corrected chi connectivity index (χ3v) is 3.71. The van der Waals surface area contributed by atoms with Gasteiger partial charge in [-0.3, -0.25) is 4.79 Å². The summed E-state index contributed by atoms with van der Waals surface area (Å²) in [6.07, 6.45) is 4.25. The predicted molar refractivity (Wildman–Crippen MR) is 94.6 cm³/mol. The maximum Gasteiger partial charge on any atom is 0.326 e. The van der Waals surface area contributed by atoms with Crippen LogP contribution in [0.1, 0.15) is 23.6 Å². The van der Waals surface area contributed by atoms with Crippen molar-refractivity contribution in [3.8, 4) is 0 Å². The molecule has 2 aromatic carbocycles. The highest BCUT2D eigenvalue weighted by molar-refractivity contribution is 5.94. The number of carbonyl (C=O) groups excluding carboxylic acids is 1. The van der Waals surface area contributed by atoms with Crippen LogP contribution in [-0.2, 0) is 22.4 Å². The highest BCUT2D eigenvalue weighted by Crippen LogP contribution is 2.07. The first-order chi connectivity index (χ1) is 11.6. The summed E-state index contributed by atoms with van der Waals surface area (Å²) in [6, 6.07) is 16.2. The van der Waals surface area contributed by atoms with E-state index in [0.717, 1.165) is 17.5 Å². The minimum atomic E-state index is -1.05. The molecule has 0 aromatic heterocycles. The Hall–Kier alpha value is -2.88. The molecule has 2 rings (SSSR count). The number of hydrogen-bond acceptors (Lipinski definition) is 2. The molecule has 0 saturated heterocycles. The monoisotopic (exact) mass is 323 g/mol. The molecular formula is C20H21NO3. The van der Waals surface area contributed by atoms with E-state index >= 15 is 0 Å². The topological polar surface area (TPSA) is 66.4 Å². The van der Waals surface area contributed by atoms with Crippen molar-refractivity contribution in [2.75, 3.05) is 0 Å². The van der Waals surface area contributed by atoms with Crippen LogP contribution >= 0.6 is 0 Å². The number of aliphatic carboxylic acids is 1. The van der Waals surface area contributed by atoms with Crippen LogP contribution in [0, 0.1) is 0 Å². The normalized spacial score (nSPS) is 12.0. The maximum atomic E-state index is 12.0. The van der Waals surface area contributed by atoms with Crippen molar-refractivity contribution in [2.45, 2.75) is 25.8 Å². The first kappa shape index (κ1) is 17.5. The van der Waals surface area contributed by atoms with Gasteiger partial charge in [0.15, 0.2) is 0 Å². The van der Waals surface area contributed by atoms with Crippen LogP contribution in [-0.4, -0.2) is 23.0 Å². The molecule has 2 aromatic rings. The minimum Gasteiger partial charge on any atom is -0.480 e. The summed E-state index contributed by atoms with van der Waals surface area (Å²) in [5, 5.41) is 11.8. The van der Waals surface area contributed by atoms with Crippen LogP contribution in [0.4, 0.5) is 0 Å². The largest absolute Gasteiger partial charge is 0.480 e. The van der Waals surface area contributed by atoms with Gasteiger partial charge in [-0.2, -0.15) is 0 Å². The molecule has 1 amide bonds. The summed E-state index contributed by atoms with van der Waals surface area (Å²) in [5.74, 6) is -1.47. The number of rotatable bonds is 7. The van der Waals surface area contributed by atoms with Gasteiger partial charge >= 0.3 is 5.97 Å². The van der Waals surface area contributed by atoms with E-state index in [-0.39, 0.29) is 6.42 Å². The van der Waals surface area contributed by atoms with Crippen LogP contribution in [0.15, 0.2) is 60.7 Å². The van der Waals surface area contributed by atoms with Crippen molar-refractivity contribution < 1.29 is 14.7 Å². The van der Waals surface area contributed by atoms with Crippen LogP contribution in [0.3, 0.4) is 0 Å². The summed E-state index contributed by atoms with van der Waals surface area (Å²) >= 11 is 0. The Labute approximate surface area is 141 Å². The van der Waals surface area contributed by atoms with Crippen molar-refractivity contribution in [1.82, 2.24) is 5.32 Å². The molecule has 4 nitrogen and oxygen atoms in total. The number of carbonyl (C=O) groups is 2. The zero-order chi connectivity index (χ0) is 17.4. The maximum absolute atomic E-state index is 12.0. The Kier molecular flexibility index (Phi) is 6.32. The summed E-state index contributed by atoms with van der Waals surface area (Å²) in [5.41, 5.74) is 2.99. The molecule has 124 valence electrons. The highest BCUT2D eigenvalue weighted by Gasteiger charge is 2.19. The summed E-state index contributed by atoms with van der Waals surface area (Å²) in [7, 11) is 0. The second kappa shape index (κ2) is 8.67. The number of aryl methyl sites for hydroxylation is 1. The lowest BCUT2D eigenvalue weighted by molar-refractivity contribution is -0.141. The zero-order valence-corrected chi connectivity index (χ0v) is 13.6. The molecule has 0 aliphatic heterocycles. The lowest BCUT2D eigenvalue weighted by Gasteiger charge is -2.13. The third kappa shape index (κ3) is 5.39. The second-order valence-electron chi connectivity index (χ2n) is 5.52. The minimum absolute atomic E-state index is 0.251. The fourth-order valence-electron chi connectivity index (χ4n) is 2.31. The van der Waals surface area contributed by atoms with E-state index in [9.17, 15) is 14.7 Å². The van der Waals surface area contributed by atoms with Gasteiger partial charge in [0.1, 0.15) is 6.04 Å². The Morgan fingerprint density at radius 3 is 2.29 bits per heavy atom. The molecule has 0 unspecified atom stereocenters. The molecule has 0 heterocycles. The Morgan fingerprint density at radius 1 is 1.04 bits per heavy atom. The van der Waals surface area contributed by atoms with Crippen LogP contribution in [0.2, 0.25) is 0 Å². The smallest absolute Gasteiger partial charge is 0.326 e. The molecule has 0 spiro atoms. The van der Waals surface area contributed by atoms with Gasteiger partial charge in [0, 0.05) is 12.5 Å². The molecule has 1 atom stereocenters. The fraction of sp³-hybridized carbons (Fsp3) is 0.200. The van der Waals surface area contributed by atoms with Gasteiger partial charge in [-0.05, 0) is 29.2 Å². The third-order valence-electron chi connectivity index (χ3n) is 3.71. The first-order valence-electron chi connectivity index (χ1n) is 7.92. The van der Waals surface area contributed by atoms with Gasteiger partial charge < -0.3 is 10.4 Å². The van der Waals surface area contributed by atoms with E-state index in [0.29, 0.717) is 0 Å². The Morgan fingerprint density at radius 2 is 1.71 bits per heavy atom. The van der Waals surface area contributed by atoms with Crippen molar-refractivity contribution in [3.63, 3.8) is 0 Å². The molecule has 0 aliphatic carbocycles.